The molecule has 0 atom stereocenters. The van der Waals surface area contributed by atoms with E-state index in [1.807, 2.05) is 36.4 Å². The predicted molar refractivity (Wildman–Crippen MR) is 100 cm³/mol. The number of fused-ring (bicyclic) bond motifs is 2. The smallest absolute Gasteiger partial charge is 0.201 e. The first-order chi connectivity index (χ1) is 12.6. The largest absolute Gasteiger partial charge is 0.507 e. The number of methoxy groups -OCH3 is 1. The van der Waals surface area contributed by atoms with E-state index in [-0.39, 0.29) is 33.7 Å². The Kier molecular flexibility index (Phi) is 4.09. The number of phenolic OH excluding ortho intramolecular Hbond substituents is 2. The van der Waals surface area contributed by atoms with Crippen LogP contribution in [0.1, 0.15) is 32.3 Å². The zero-order valence-corrected chi connectivity index (χ0v) is 14.8. The molecule has 0 aliphatic heterocycles. The number of carbonyl (C=O) groups is 1. The number of ether oxygens (including phenoxy) is 1. The molecule has 1 aliphatic rings. The fourth-order valence-corrected chi connectivity index (χ4v) is 4.63. The topological polar surface area (TPSA) is 66.8 Å². The van der Waals surface area contributed by atoms with Gasteiger partial charge in [-0.2, -0.15) is 0 Å². The van der Waals surface area contributed by atoms with Crippen molar-refractivity contribution < 1.29 is 19.7 Å². The molecule has 3 aromatic carbocycles. The summed E-state index contributed by atoms with van der Waals surface area (Å²) in [5.41, 5.74) is 1.94. The van der Waals surface area contributed by atoms with Gasteiger partial charge in [0.2, 0.25) is 5.78 Å². The van der Waals surface area contributed by atoms with Crippen molar-refractivity contribution in [1.29, 1.82) is 0 Å². The fourth-order valence-electron chi connectivity index (χ4n) is 3.31. The van der Waals surface area contributed by atoms with Gasteiger partial charge in [-0.3, -0.25) is 4.79 Å². The lowest BCUT2D eigenvalue weighted by Crippen LogP contribution is -2.18. The molecule has 0 radical (unpaired) electrons. The molecule has 0 unspecified atom stereocenters. The van der Waals surface area contributed by atoms with Gasteiger partial charge in [-0.05, 0) is 35.4 Å². The molecule has 130 valence electrons. The zero-order chi connectivity index (χ0) is 18.3. The lowest BCUT2D eigenvalue weighted by Gasteiger charge is -2.28. The normalized spacial score (nSPS) is 13.2. The van der Waals surface area contributed by atoms with Crippen molar-refractivity contribution in [2.45, 2.75) is 10.1 Å². The number of thioether (sulfide) groups is 1. The number of aromatic hydroxyl groups is 2. The van der Waals surface area contributed by atoms with Crippen molar-refractivity contribution in [3.63, 3.8) is 0 Å². The summed E-state index contributed by atoms with van der Waals surface area (Å²) >= 11 is 1.52. The van der Waals surface area contributed by atoms with E-state index < -0.39 is 0 Å². The standard InChI is InChI=1S/C21H16O4S/c1-25-16-10-2-3-11-17(16)26-21-12-6-4-8-14(22)18(12)20(24)19-13(21)7-5-9-15(19)23/h2-11,21-23H,1H3. The molecule has 0 spiro atoms. The molecule has 26 heavy (non-hydrogen) atoms. The van der Waals surface area contributed by atoms with Crippen molar-refractivity contribution in [3.8, 4) is 17.2 Å². The molecule has 0 saturated heterocycles. The molecule has 0 saturated carbocycles. The third-order valence-electron chi connectivity index (χ3n) is 4.48. The maximum Gasteiger partial charge on any atom is 0.201 e. The van der Waals surface area contributed by atoms with Crippen LogP contribution in [0.25, 0.3) is 0 Å². The lowest BCUT2D eigenvalue weighted by atomic mass is 9.83. The molecular weight excluding hydrogens is 348 g/mol. The van der Waals surface area contributed by atoms with Gasteiger partial charge >= 0.3 is 0 Å². The number of hydrogen-bond donors (Lipinski definition) is 2. The summed E-state index contributed by atoms with van der Waals surface area (Å²) in [6.45, 7) is 0. The average molecular weight is 364 g/mol. The second-order valence-electron chi connectivity index (χ2n) is 5.96. The van der Waals surface area contributed by atoms with Crippen molar-refractivity contribution >= 4 is 17.5 Å². The Morgan fingerprint density at radius 2 is 1.42 bits per heavy atom. The van der Waals surface area contributed by atoms with Crippen LogP contribution >= 0.6 is 11.8 Å². The van der Waals surface area contributed by atoms with Gasteiger partial charge < -0.3 is 14.9 Å². The summed E-state index contributed by atoms with van der Waals surface area (Å²) in [4.78, 5) is 13.8. The Morgan fingerprint density at radius 3 is 2.00 bits per heavy atom. The number of rotatable bonds is 3. The number of para-hydroxylation sites is 1. The Hall–Kier alpha value is -2.92. The lowest BCUT2D eigenvalue weighted by molar-refractivity contribution is 0.102. The molecule has 0 aromatic heterocycles. The van der Waals surface area contributed by atoms with Crippen LogP contribution in [-0.2, 0) is 0 Å². The Balaban J connectivity index is 1.93. The van der Waals surface area contributed by atoms with Crippen molar-refractivity contribution in [1.82, 2.24) is 0 Å². The Morgan fingerprint density at radius 1 is 0.846 bits per heavy atom. The molecule has 2 N–H and O–H groups in total. The average Bonchev–Trinajstić information content (AvgIpc) is 2.65. The summed E-state index contributed by atoms with van der Waals surface area (Å²) in [5.74, 6) is 0.222. The predicted octanol–water partition coefficient (Wildman–Crippen LogP) is 4.53. The molecule has 0 amide bonds. The fraction of sp³-hybridized carbons (Fsp3) is 0.0952. The highest BCUT2D eigenvalue weighted by Gasteiger charge is 2.35. The summed E-state index contributed by atoms with van der Waals surface area (Å²) in [6.07, 6.45) is 0. The van der Waals surface area contributed by atoms with E-state index in [2.05, 4.69) is 0 Å². The molecule has 0 bridgehead atoms. The summed E-state index contributed by atoms with van der Waals surface area (Å²) < 4.78 is 5.44. The highest BCUT2D eigenvalue weighted by atomic mass is 32.2. The minimum atomic E-state index is -0.358. The molecule has 3 aromatic rings. The maximum atomic E-state index is 12.9. The van der Waals surface area contributed by atoms with E-state index in [1.54, 1.807) is 19.2 Å². The van der Waals surface area contributed by atoms with E-state index in [0.29, 0.717) is 0 Å². The monoisotopic (exact) mass is 364 g/mol. The molecular formula is C21H16O4S. The molecule has 5 heteroatoms. The SMILES string of the molecule is COc1ccccc1SC1c2cccc(O)c2C(=O)c2c(O)cccc21. The number of hydrogen-bond acceptors (Lipinski definition) is 5. The van der Waals surface area contributed by atoms with E-state index >= 15 is 0 Å². The number of ketones is 1. The number of benzene rings is 3. The highest BCUT2D eigenvalue weighted by molar-refractivity contribution is 7.99. The van der Waals surface area contributed by atoms with Gasteiger partial charge in [0.15, 0.2) is 0 Å². The molecule has 4 nitrogen and oxygen atoms in total. The van der Waals surface area contributed by atoms with Gasteiger partial charge in [0.25, 0.3) is 0 Å². The Bertz CT molecular complexity index is 957. The van der Waals surface area contributed by atoms with Crippen LogP contribution < -0.4 is 4.74 Å². The summed E-state index contributed by atoms with van der Waals surface area (Å²) in [6, 6.07) is 17.8. The van der Waals surface area contributed by atoms with Gasteiger partial charge in [0.05, 0.1) is 28.4 Å². The van der Waals surface area contributed by atoms with E-state index in [1.165, 1.54) is 23.9 Å². The van der Waals surface area contributed by atoms with Crippen molar-refractivity contribution in [2.75, 3.05) is 7.11 Å². The van der Waals surface area contributed by atoms with Gasteiger partial charge in [0.1, 0.15) is 17.2 Å². The minimum Gasteiger partial charge on any atom is -0.507 e. The molecule has 0 heterocycles. The first-order valence-electron chi connectivity index (χ1n) is 8.10. The molecule has 0 fully saturated rings. The van der Waals surface area contributed by atoms with Crippen LogP contribution in [0.15, 0.2) is 65.6 Å². The van der Waals surface area contributed by atoms with Gasteiger partial charge in [-0.15, -0.1) is 11.8 Å². The second-order valence-corrected chi connectivity index (χ2v) is 7.11. The summed E-state index contributed by atoms with van der Waals surface area (Å²) in [7, 11) is 1.61. The van der Waals surface area contributed by atoms with Gasteiger partial charge in [-0.25, -0.2) is 0 Å². The number of carbonyl (C=O) groups excluding carboxylic acids is 1. The maximum absolute atomic E-state index is 12.9. The summed E-state index contributed by atoms with van der Waals surface area (Å²) in [5, 5.41) is 20.3. The first-order valence-corrected chi connectivity index (χ1v) is 8.98. The quantitative estimate of drug-likeness (QED) is 0.715. The van der Waals surface area contributed by atoms with E-state index in [0.717, 1.165) is 21.8 Å². The third-order valence-corrected chi connectivity index (χ3v) is 5.82. The Labute approximate surface area is 155 Å². The van der Waals surface area contributed by atoms with Gasteiger partial charge in [0, 0.05) is 0 Å². The van der Waals surface area contributed by atoms with E-state index in [9.17, 15) is 15.0 Å². The van der Waals surface area contributed by atoms with Crippen molar-refractivity contribution in [2.24, 2.45) is 0 Å². The third kappa shape index (κ3) is 2.52. The van der Waals surface area contributed by atoms with Crippen LogP contribution in [0.3, 0.4) is 0 Å². The van der Waals surface area contributed by atoms with E-state index in [4.69, 9.17) is 4.74 Å². The first kappa shape index (κ1) is 16.5. The van der Waals surface area contributed by atoms with Crippen LogP contribution in [0.2, 0.25) is 0 Å². The second kappa shape index (κ2) is 6.42. The van der Waals surface area contributed by atoms with Crippen LogP contribution in [-0.4, -0.2) is 23.1 Å². The zero-order valence-electron chi connectivity index (χ0n) is 14.0. The highest BCUT2D eigenvalue weighted by Crippen LogP contribution is 2.51. The molecule has 4 rings (SSSR count). The van der Waals surface area contributed by atoms with Crippen LogP contribution in [0.4, 0.5) is 0 Å². The van der Waals surface area contributed by atoms with Gasteiger partial charge in [-0.1, -0.05) is 36.4 Å². The van der Waals surface area contributed by atoms with Crippen LogP contribution in [0, 0.1) is 0 Å². The number of phenols is 2. The molecule has 1 aliphatic carbocycles. The minimum absolute atomic E-state index is 0.0768. The van der Waals surface area contributed by atoms with Crippen LogP contribution in [0.5, 0.6) is 17.2 Å². The van der Waals surface area contributed by atoms with Crippen molar-refractivity contribution in [3.05, 3.63) is 82.9 Å².